The average Bonchev–Trinajstić information content (AvgIpc) is 3.40. The van der Waals surface area contributed by atoms with E-state index in [0.29, 0.717) is 47.5 Å². The summed E-state index contributed by atoms with van der Waals surface area (Å²) in [6.45, 7) is 14.2. The van der Waals surface area contributed by atoms with Crippen LogP contribution in [-0.4, -0.2) is 49.6 Å². The number of amides is 2. The Hall–Kier alpha value is -5.25. The molecule has 1 aliphatic rings. The van der Waals surface area contributed by atoms with Crippen molar-refractivity contribution in [2.24, 2.45) is 5.41 Å². The minimum absolute atomic E-state index is 0.0842. The second-order valence-electron chi connectivity index (χ2n) is 11.9. The van der Waals surface area contributed by atoms with Crippen molar-refractivity contribution in [3.05, 3.63) is 89.2 Å². The molecule has 0 spiro atoms. The maximum Gasteiger partial charge on any atom is 0.416 e. The number of nitrogens with two attached hydrogens (primary N) is 1. The second kappa shape index (κ2) is 12.0. The number of carbonyl (C=O) groups excluding carboxylic acids is 2. The van der Waals surface area contributed by atoms with Crippen LogP contribution in [-0.2, 0) is 11.0 Å². The van der Waals surface area contributed by atoms with Crippen LogP contribution in [0.5, 0.6) is 0 Å². The molecule has 0 unspecified atom stereocenters. The van der Waals surface area contributed by atoms with Crippen molar-refractivity contribution in [2.45, 2.75) is 45.8 Å². The molecule has 1 saturated heterocycles. The van der Waals surface area contributed by atoms with E-state index < -0.39 is 17.6 Å². The SMILES string of the molecule is [C-]#[N+]/C(=C\C(C)(C)C)C(=O)N1CCC[C@@H](n2nc(-c3ccc(NC(=O)c4cccc(C(F)(F)F)c4)cc3)c3c(N)ncnc32)C1. The lowest BCUT2D eigenvalue weighted by Crippen LogP contribution is -2.41. The Morgan fingerprint density at radius 3 is 2.51 bits per heavy atom. The Kier molecular flexibility index (Phi) is 8.34. The van der Waals surface area contributed by atoms with Gasteiger partial charge in [0.2, 0.25) is 5.70 Å². The van der Waals surface area contributed by atoms with E-state index in [2.05, 4.69) is 20.1 Å². The zero-order chi connectivity index (χ0) is 32.5. The van der Waals surface area contributed by atoms with Crippen molar-refractivity contribution in [3.8, 4) is 11.3 Å². The molecule has 2 amide bonds. The third-order valence-electron chi connectivity index (χ3n) is 7.33. The largest absolute Gasteiger partial charge is 0.416 e. The highest BCUT2D eigenvalue weighted by molar-refractivity contribution is 6.04. The number of nitrogens with zero attached hydrogens (tertiary/aromatic N) is 6. The van der Waals surface area contributed by atoms with E-state index in [4.69, 9.17) is 17.4 Å². The summed E-state index contributed by atoms with van der Waals surface area (Å²) in [6.07, 6.45) is -0.103. The molecule has 3 N–H and O–H groups in total. The Bertz CT molecular complexity index is 1830. The van der Waals surface area contributed by atoms with Gasteiger partial charge in [0.05, 0.1) is 23.6 Å². The number of hydrogen-bond donors (Lipinski definition) is 2. The van der Waals surface area contributed by atoms with Crippen molar-refractivity contribution in [1.82, 2.24) is 24.6 Å². The smallest absolute Gasteiger partial charge is 0.383 e. The van der Waals surface area contributed by atoms with Crippen LogP contribution >= 0.6 is 0 Å². The van der Waals surface area contributed by atoms with Gasteiger partial charge in [-0.15, -0.1) is 0 Å². The van der Waals surface area contributed by atoms with E-state index in [0.717, 1.165) is 18.6 Å². The number of anilines is 2. The molecule has 2 aromatic heterocycles. The molecule has 13 heteroatoms. The van der Waals surface area contributed by atoms with Gasteiger partial charge in [0.1, 0.15) is 17.8 Å². The number of aromatic nitrogens is 4. The van der Waals surface area contributed by atoms with E-state index in [-0.39, 0.29) is 34.4 Å². The van der Waals surface area contributed by atoms with Crippen LogP contribution in [0.2, 0.25) is 0 Å². The van der Waals surface area contributed by atoms with Crippen LogP contribution in [0.4, 0.5) is 24.7 Å². The van der Waals surface area contributed by atoms with Gasteiger partial charge in [0.25, 0.3) is 11.8 Å². The molecule has 10 nitrogen and oxygen atoms in total. The zero-order valence-electron chi connectivity index (χ0n) is 24.9. The molecule has 1 atom stereocenters. The molecule has 3 heterocycles. The number of allylic oxidation sites excluding steroid dienone is 1. The zero-order valence-corrected chi connectivity index (χ0v) is 24.9. The van der Waals surface area contributed by atoms with Gasteiger partial charge in [0.15, 0.2) is 5.65 Å². The van der Waals surface area contributed by atoms with Crippen molar-refractivity contribution in [2.75, 3.05) is 24.1 Å². The predicted molar refractivity (Wildman–Crippen MR) is 164 cm³/mol. The fourth-order valence-electron chi connectivity index (χ4n) is 5.26. The first-order chi connectivity index (χ1) is 21.2. The highest BCUT2D eigenvalue weighted by Gasteiger charge is 2.32. The van der Waals surface area contributed by atoms with Gasteiger partial charge >= 0.3 is 6.18 Å². The first kappa shape index (κ1) is 31.2. The van der Waals surface area contributed by atoms with Gasteiger partial charge in [-0.3, -0.25) is 9.59 Å². The number of fused-ring (bicyclic) bond motifs is 1. The molecule has 0 radical (unpaired) electrons. The van der Waals surface area contributed by atoms with Gasteiger partial charge in [-0.2, -0.15) is 18.3 Å². The number of piperidine rings is 1. The van der Waals surface area contributed by atoms with E-state index in [1.54, 1.807) is 39.9 Å². The number of alkyl halides is 3. The van der Waals surface area contributed by atoms with Crippen molar-refractivity contribution >= 4 is 34.4 Å². The maximum atomic E-state index is 13.3. The monoisotopic (exact) mass is 616 g/mol. The highest BCUT2D eigenvalue weighted by Crippen LogP contribution is 2.35. The lowest BCUT2D eigenvalue weighted by molar-refractivity contribution is -0.137. The lowest BCUT2D eigenvalue weighted by atomic mass is 9.95. The third-order valence-corrected chi connectivity index (χ3v) is 7.33. The van der Waals surface area contributed by atoms with E-state index in [1.165, 1.54) is 18.5 Å². The summed E-state index contributed by atoms with van der Waals surface area (Å²) in [5.41, 5.74) is 7.01. The third kappa shape index (κ3) is 6.80. The number of hydrogen-bond acceptors (Lipinski definition) is 6. The van der Waals surface area contributed by atoms with Crippen molar-refractivity contribution in [3.63, 3.8) is 0 Å². The number of nitrogen functional groups attached to an aromatic ring is 1. The molecule has 0 aliphatic carbocycles. The molecule has 2 aromatic carbocycles. The predicted octanol–water partition coefficient (Wildman–Crippen LogP) is 6.36. The Morgan fingerprint density at radius 2 is 1.84 bits per heavy atom. The van der Waals surface area contributed by atoms with E-state index >= 15 is 0 Å². The standard InChI is InChI=1S/C32H31F3N8O2/c1-31(2,3)16-24(37-4)30(45)42-14-6-9-23(17-42)43-28-25(27(36)38-18-39-28)26(41-43)19-10-12-22(13-11-19)40-29(44)20-7-5-8-21(15-20)32(33,34)35/h5,7-8,10-13,15-16,18,23H,6,9,14,17H2,1-3H3,(H,40,44)(H2,36,38,39)/b24-16-/t23-/m1/s1. The molecular formula is C32H31F3N8O2. The number of nitrogens with one attached hydrogen (secondary N) is 1. The fraction of sp³-hybridized carbons (Fsp3) is 0.312. The molecule has 1 aliphatic heterocycles. The summed E-state index contributed by atoms with van der Waals surface area (Å²) in [5, 5.41) is 8.00. The lowest BCUT2D eigenvalue weighted by Gasteiger charge is -2.33. The van der Waals surface area contributed by atoms with Gasteiger partial charge in [-0.25, -0.2) is 19.5 Å². The maximum absolute atomic E-state index is 13.3. The second-order valence-corrected chi connectivity index (χ2v) is 11.9. The van der Waals surface area contributed by atoms with Crippen molar-refractivity contribution in [1.29, 1.82) is 0 Å². The molecular weight excluding hydrogens is 585 g/mol. The minimum Gasteiger partial charge on any atom is -0.383 e. The topological polar surface area (TPSA) is 123 Å². The molecule has 0 saturated carbocycles. The van der Waals surface area contributed by atoms with Gasteiger partial charge in [-0.1, -0.05) is 45.0 Å². The van der Waals surface area contributed by atoms with Crippen LogP contribution < -0.4 is 11.1 Å². The first-order valence-corrected chi connectivity index (χ1v) is 14.2. The van der Waals surface area contributed by atoms with Crippen LogP contribution in [0.25, 0.3) is 27.1 Å². The summed E-state index contributed by atoms with van der Waals surface area (Å²) >= 11 is 0. The number of benzene rings is 2. The van der Waals surface area contributed by atoms with Gasteiger partial charge in [-0.05, 0) is 48.6 Å². The Labute approximate surface area is 257 Å². The molecule has 4 aromatic rings. The molecule has 1 fully saturated rings. The Balaban J connectivity index is 1.41. The molecule has 5 rings (SSSR count). The summed E-state index contributed by atoms with van der Waals surface area (Å²) < 4.78 is 41.0. The summed E-state index contributed by atoms with van der Waals surface area (Å²) in [5.74, 6) is -0.787. The number of rotatable bonds is 5. The van der Waals surface area contributed by atoms with E-state index in [9.17, 15) is 22.8 Å². The van der Waals surface area contributed by atoms with Gasteiger partial charge < -0.3 is 16.0 Å². The summed E-state index contributed by atoms with van der Waals surface area (Å²) in [7, 11) is 0. The summed E-state index contributed by atoms with van der Waals surface area (Å²) in [6, 6.07) is 10.6. The van der Waals surface area contributed by atoms with Crippen LogP contribution in [0.1, 0.15) is 55.6 Å². The van der Waals surface area contributed by atoms with Crippen LogP contribution in [0, 0.1) is 12.0 Å². The quantitative estimate of drug-likeness (QED) is 0.199. The normalized spacial score (nSPS) is 16.0. The van der Waals surface area contributed by atoms with E-state index in [1.807, 2.05) is 20.8 Å². The van der Waals surface area contributed by atoms with Gasteiger partial charge in [0, 0.05) is 29.9 Å². The molecule has 0 bridgehead atoms. The van der Waals surface area contributed by atoms with Crippen LogP contribution in [0.3, 0.4) is 0 Å². The minimum atomic E-state index is -4.56. The fourth-order valence-corrected chi connectivity index (χ4v) is 5.26. The Morgan fingerprint density at radius 1 is 1.11 bits per heavy atom. The number of likely N-dealkylation sites (tertiary alicyclic amines) is 1. The molecule has 232 valence electrons. The number of halogens is 3. The number of carbonyl (C=O) groups is 2. The molecule has 45 heavy (non-hydrogen) atoms. The average molecular weight is 617 g/mol. The van der Waals surface area contributed by atoms with Crippen molar-refractivity contribution < 1.29 is 22.8 Å². The van der Waals surface area contributed by atoms with Crippen LogP contribution in [0.15, 0.2) is 66.6 Å². The summed E-state index contributed by atoms with van der Waals surface area (Å²) in [4.78, 5) is 39.7. The first-order valence-electron chi connectivity index (χ1n) is 14.2. The highest BCUT2D eigenvalue weighted by atomic mass is 19.4.